The molecule has 0 aliphatic carbocycles. The van der Waals surface area contributed by atoms with Crippen molar-refractivity contribution in [3.63, 3.8) is 0 Å². The molecule has 26 heavy (non-hydrogen) atoms. The summed E-state index contributed by atoms with van der Waals surface area (Å²) < 4.78 is 0. The molecule has 0 radical (unpaired) electrons. The van der Waals surface area contributed by atoms with Crippen molar-refractivity contribution in [3.05, 3.63) is 57.8 Å². The molecule has 1 aliphatic heterocycles. The van der Waals surface area contributed by atoms with Gasteiger partial charge >= 0.3 is 0 Å². The summed E-state index contributed by atoms with van der Waals surface area (Å²) in [6.07, 6.45) is 2.60. The SMILES string of the molecule is CN=C(NCc1cccs1)NCC(c1ccc(C)cc1)N1CCCC1.I. The average molecular weight is 484 g/mol. The monoisotopic (exact) mass is 484 g/mol. The number of hydrogen-bond donors (Lipinski definition) is 2. The number of guanidine groups is 1. The lowest BCUT2D eigenvalue weighted by Gasteiger charge is -2.29. The third kappa shape index (κ3) is 5.96. The fourth-order valence-electron chi connectivity index (χ4n) is 3.30. The van der Waals surface area contributed by atoms with Gasteiger partial charge in [0.05, 0.1) is 12.6 Å². The molecule has 1 atom stereocenters. The molecule has 6 heteroatoms. The van der Waals surface area contributed by atoms with Crippen molar-refractivity contribution >= 4 is 41.3 Å². The zero-order chi connectivity index (χ0) is 17.5. The van der Waals surface area contributed by atoms with E-state index in [2.05, 4.69) is 69.2 Å². The van der Waals surface area contributed by atoms with Gasteiger partial charge < -0.3 is 10.6 Å². The number of hydrogen-bond acceptors (Lipinski definition) is 3. The molecule has 4 nitrogen and oxygen atoms in total. The molecule has 2 aromatic rings. The Morgan fingerprint density at radius 1 is 1.15 bits per heavy atom. The smallest absolute Gasteiger partial charge is 0.191 e. The van der Waals surface area contributed by atoms with Crippen LogP contribution in [-0.2, 0) is 6.54 Å². The molecule has 1 unspecified atom stereocenters. The summed E-state index contributed by atoms with van der Waals surface area (Å²) in [6.45, 7) is 6.19. The van der Waals surface area contributed by atoms with Gasteiger partial charge in [0.15, 0.2) is 5.96 Å². The molecule has 2 heterocycles. The molecule has 142 valence electrons. The first-order chi connectivity index (χ1) is 12.3. The number of likely N-dealkylation sites (tertiary alicyclic amines) is 1. The number of nitrogens with zero attached hydrogens (tertiary/aromatic N) is 2. The summed E-state index contributed by atoms with van der Waals surface area (Å²) in [5.74, 6) is 0.865. The van der Waals surface area contributed by atoms with Crippen LogP contribution in [0.25, 0.3) is 0 Å². The van der Waals surface area contributed by atoms with Gasteiger partial charge in [-0.1, -0.05) is 35.9 Å². The number of rotatable bonds is 6. The number of nitrogens with one attached hydrogen (secondary N) is 2. The number of aliphatic imine (C=N–C) groups is 1. The highest BCUT2D eigenvalue weighted by molar-refractivity contribution is 14.0. The molecule has 1 aromatic carbocycles. The van der Waals surface area contributed by atoms with Crippen LogP contribution in [0.15, 0.2) is 46.8 Å². The third-order valence-electron chi connectivity index (χ3n) is 4.74. The van der Waals surface area contributed by atoms with Crippen molar-refractivity contribution in [2.45, 2.75) is 32.4 Å². The standard InChI is InChI=1S/C20H28N4S.HI/c1-16-7-9-17(10-8-16)19(24-11-3-4-12-24)15-23-20(21-2)22-14-18-6-5-13-25-18;/h5-10,13,19H,3-4,11-12,14-15H2,1-2H3,(H2,21,22,23);1H. The number of aryl methyl sites for hydroxylation is 1. The van der Waals surface area contributed by atoms with Crippen molar-refractivity contribution in [1.29, 1.82) is 0 Å². The molecule has 0 bridgehead atoms. The first-order valence-electron chi connectivity index (χ1n) is 9.04. The molecule has 0 amide bonds. The summed E-state index contributed by atoms with van der Waals surface area (Å²) in [6, 6.07) is 13.6. The van der Waals surface area contributed by atoms with E-state index in [0.29, 0.717) is 6.04 Å². The van der Waals surface area contributed by atoms with E-state index in [0.717, 1.165) is 19.0 Å². The summed E-state index contributed by atoms with van der Waals surface area (Å²) in [4.78, 5) is 8.28. The van der Waals surface area contributed by atoms with E-state index in [-0.39, 0.29) is 24.0 Å². The molecule has 1 fully saturated rings. The molecule has 3 rings (SSSR count). The highest BCUT2D eigenvalue weighted by Crippen LogP contribution is 2.24. The van der Waals surface area contributed by atoms with Crippen LogP contribution < -0.4 is 10.6 Å². The topological polar surface area (TPSA) is 39.7 Å². The van der Waals surface area contributed by atoms with Crippen molar-refractivity contribution in [2.75, 3.05) is 26.7 Å². The van der Waals surface area contributed by atoms with Gasteiger partial charge in [0.1, 0.15) is 0 Å². The van der Waals surface area contributed by atoms with E-state index < -0.39 is 0 Å². The Morgan fingerprint density at radius 2 is 1.88 bits per heavy atom. The number of benzene rings is 1. The molecular weight excluding hydrogens is 455 g/mol. The largest absolute Gasteiger partial charge is 0.354 e. The molecule has 2 N–H and O–H groups in total. The van der Waals surface area contributed by atoms with Gasteiger partial charge in [-0.15, -0.1) is 35.3 Å². The van der Waals surface area contributed by atoms with Gasteiger partial charge in [-0.3, -0.25) is 9.89 Å². The molecule has 1 aliphatic rings. The minimum Gasteiger partial charge on any atom is -0.354 e. The third-order valence-corrected chi connectivity index (χ3v) is 5.62. The second kappa shape index (κ2) is 10.9. The summed E-state index contributed by atoms with van der Waals surface area (Å²) in [5, 5.41) is 9.04. The Balaban J connectivity index is 0.00000243. The average Bonchev–Trinajstić information content (AvgIpc) is 3.33. The van der Waals surface area contributed by atoms with E-state index in [9.17, 15) is 0 Å². The zero-order valence-electron chi connectivity index (χ0n) is 15.6. The number of thiophene rings is 1. The maximum atomic E-state index is 4.37. The summed E-state index contributed by atoms with van der Waals surface area (Å²) >= 11 is 1.76. The Morgan fingerprint density at radius 3 is 2.50 bits per heavy atom. The van der Waals surface area contributed by atoms with Crippen molar-refractivity contribution < 1.29 is 0 Å². The van der Waals surface area contributed by atoms with E-state index in [1.54, 1.807) is 11.3 Å². The van der Waals surface area contributed by atoms with E-state index in [1.165, 1.54) is 41.9 Å². The molecule has 1 aromatic heterocycles. The fraction of sp³-hybridized carbons (Fsp3) is 0.450. The minimum atomic E-state index is 0. The Bertz CT molecular complexity index is 664. The quantitative estimate of drug-likeness (QED) is 0.367. The molecule has 0 spiro atoms. The van der Waals surface area contributed by atoms with Crippen molar-refractivity contribution in [1.82, 2.24) is 15.5 Å². The molecule has 0 saturated carbocycles. The Kier molecular flexibility index (Phi) is 8.87. The van der Waals surface area contributed by atoms with Gasteiger partial charge in [-0.2, -0.15) is 0 Å². The fourth-order valence-corrected chi connectivity index (χ4v) is 3.94. The van der Waals surface area contributed by atoms with Crippen LogP contribution in [0.1, 0.15) is 34.9 Å². The zero-order valence-corrected chi connectivity index (χ0v) is 18.7. The molecule has 1 saturated heterocycles. The van der Waals surface area contributed by atoms with Gasteiger partial charge in [0.25, 0.3) is 0 Å². The maximum absolute atomic E-state index is 4.37. The second-order valence-corrected chi connectivity index (χ2v) is 7.59. The Hall–Kier alpha value is -1.12. The lowest BCUT2D eigenvalue weighted by Crippen LogP contribution is -2.42. The van der Waals surface area contributed by atoms with Gasteiger partial charge in [-0.25, -0.2) is 0 Å². The number of halogens is 1. The highest BCUT2D eigenvalue weighted by Gasteiger charge is 2.23. The van der Waals surface area contributed by atoms with E-state index in [1.807, 2.05) is 7.05 Å². The van der Waals surface area contributed by atoms with Crippen molar-refractivity contribution in [2.24, 2.45) is 4.99 Å². The van der Waals surface area contributed by atoms with Gasteiger partial charge in [0, 0.05) is 18.5 Å². The second-order valence-electron chi connectivity index (χ2n) is 6.56. The van der Waals surface area contributed by atoms with Crippen LogP contribution in [-0.4, -0.2) is 37.5 Å². The first-order valence-corrected chi connectivity index (χ1v) is 9.92. The maximum Gasteiger partial charge on any atom is 0.191 e. The van der Waals surface area contributed by atoms with Crippen LogP contribution in [0.4, 0.5) is 0 Å². The highest BCUT2D eigenvalue weighted by atomic mass is 127. The lowest BCUT2D eigenvalue weighted by molar-refractivity contribution is 0.245. The van der Waals surface area contributed by atoms with Crippen LogP contribution in [0.2, 0.25) is 0 Å². The molecular formula is C20H29IN4S. The lowest BCUT2D eigenvalue weighted by atomic mass is 10.0. The minimum absolute atomic E-state index is 0. The van der Waals surface area contributed by atoms with Crippen molar-refractivity contribution in [3.8, 4) is 0 Å². The summed E-state index contributed by atoms with van der Waals surface area (Å²) in [7, 11) is 1.83. The van der Waals surface area contributed by atoms with E-state index in [4.69, 9.17) is 0 Å². The normalized spacial score (nSPS) is 16.2. The predicted molar refractivity (Wildman–Crippen MR) is 123 cm³/mol. The van der Waals surface area contributed by atoms with E-state index >= 15 is 0 Å². The Labute approximate surface area is 178 Å². The summed E-state index contributed by atoms with van der Waals surface area (Å²) in [5.41, 5.74) is 2.69. The van der Waals surface area contributed by atoms with Gasteiger partial charge in [-0.05, 0) is 49.9 Å². The van der Waals surface area contributed by atoms with Gasteiger partial charge in [0.2, 0.25) is 0 Å². The predicted octanol–water partition coefficient (Wildman–Crippen LogP) is 4.18. The van der Waals surface area contributed by atoms with Crippen LogP contribution >= 0.6 is 35.3 Å². The van der Waals surface area contributed by atoms with Crippen LogP contribution in [0.3, 0.4) is 0 Å². The first kappa shape index (κ1) is 21.2. The van der Waals surface area contributed by atoms with Crippen LogP contribution in [0.5, 0.6) is 0 Å². The van der Waals surface area contributed by atoms with Crippen LogP contribution in [0, 0.1) is 6.92 Å².